The standard InChI is InChI=1S/C24H24ClF4N5O2/c1-35-12-3-13-36-23-31-20(16-5-6-19(26)18(25)14-16)15-21(32-23)33-8-10-34(11-9-33)22-17(24(27,28)29)4-2-7-30-22/h2,4-7,14-15H,3,8-13H2,1H3. The third kappa shape index (κ3) is 6.14. The highest BCUT2D eigenvalue weighted by Crippen LogP contribution is 2.36. The van der Waals surface area contributed by atoms with E-state index in [1.807, 2.05) is 4.90 Å². The Bertz CT molecular complexity index is 1190. The zero-order valence-electron chi connectivity index (χ0n) is 19.4. The van der Waals surface area contributed by atoms with Crippen LogP contribution in [0, 0.1) is 5.82 Å². The van der Waals surface area contributed by atoms with Gasteiger partial charge in [0.2, 0.25) is 0 Å². The third-order valence-electron chi connectivity index (χ3n) is 5.63. The number of alkyl halides is 3. The van der Waals surface area contributed by atoms with Crippen LogP contribution in [-0.4, -0.2) is 61.5 Å². The Hall–Kier alpha value is -3.18. The number of rotatable bonds is 8. The van der Waals surface area contributed by atoms with Crippen LogP contribution >= 0.6 is 11.6 Å². The molecule has 1 aliphatic heterocycles. The van der Waals surface area contributed by atoms with Gasteiger partial charge < -0.3 is 19.3 Å². The second kappa shape index (κ2) is 11.3. The Morgan fingerprint density at radius 3 is 2.44 bits per heavy atom. The van der Waals surface area contributed by atoms with Crippen molar-refractivity contribution in [1.82, 2.24) is 15.0 Å². The molecular weight excluding hydrogens is 502 g/mol. The quantitative estimate of drug-likeness (QED) is 0.300. The summed E-state index contributed by atoms with van der Waals surface area (Å²) in [6, 6.07) is 8.44. The lowest BCUT2D eigenvalue weighted by Gasteiger charge is -2.37. The Labute approximate surface area is 210 Å². The van der Waals surface area contributed by atoms with E-state index >= 15 is 0 Å². The summed E-state index contributed by atoms with van der Waals surface area (Å²) in [6.07, 6.45) is -2.51. The molecule has 0 N–H and O–H groups in total. The van der Waals surface area contributed by atoms with Crippen LogP contribution < -0.4 is 14.5 Å². The number of benzene rings is 1. The highest BCUT2D eigenvalue weighted by molar-refractivity contribution is 6.31. The molecule has 0 saturated carbocycles. The number of aromatic nitrogens is 3. The number of piperazine rings is 1. The lowest BCUT2D eigenvalue weighted by atomic mass is 10.1. The van der Waals surface area contributed by atoms with Crippen molar-refractivity contribution in [1.29, 1.82) is 0 Å². The van der Waals surface area contributed by atoms with E-state index in [-0.39, 0.29) is 16.9 Å². The topological polar surface area (TPSA) is 63.6 Å². The predicted molar refractivity (Wildman–Crippen MR) is 128 cm³/mol. The number of methoxy groups -OCH3 is 1. The first-order chi connectivity index (χ1) is 17.3. The van der Waals surface area contributed by atoms with E-state index in [9.17, 15) is 17.6 Å². The van der Waals surface area contributed by atoms with Gasteiger partial charge in [0.1, 0.15) is 17.5 Å². The molecule has 0 aliphatic carbocycles. The molecule has 3 aromatic rings. The van der Waals surface area contributed by atoms with E-state index in [2.05, 4.69) is 15.0 Å². The van der Waals surface area contributed by atoms with Gasteiger partial charge >= 0.3 is 12.2 Å². The summed E-state index contributed by atoms with van der Waals surface area (Å²) >= 11 is 5.96. The second-order valence-electron chi connectivity index (χ2n) is 8.06. The highest BCUT2D eigenvalue weighted by atomic mass is 35.5. The molecule has 192 valence electrons. The SMILES string of the molecule is COCCCOc1nc(-c2ccc(F)c(Cl)c2)cc(N2CCN(c3ncccc3C(F)(F)F)CC2)n1. The van der Waals surface area contributed by atoms with Gasteiger partial charge in [-0.1, -0.05) is 11.6 Å². The predicted octanol–water partition coefficient (Wildman–Crippen LogP) is 5.09. The zero-order valence-corrected chi connectivity index (χ0v) is 20.2. The number of pyridine rings is 1. The lowest BCUT2D eigenvalue weighted by molar-refractivity contribution is -0.137. The minimum absolute atomic E-state index is 0.0420. The molecule has 1 fully saturated rings. The fourth-order valence-electron chi connectivity index (χ4n) is 3.83. The van der Waals surface area contributed by atoms with Gasteiger partial charge in [-0.05, 0) is 30.3 Å². The Kier molecular flexibility index (Phi) is 8.10. The molecule has 12 heteroatoms. The lowest BCUT2D eigenvalue weighted by Crippen LogP contribution is -2.47. The van der Waals surface area contributed by atoms with Gasteiger partial charge in [-0.2, -0.15) is 23.1 Å². The molecule has 4 rings (SSSR count). The molecule has 1 saturated heterocycles. The van der Waals surface area contributed by atoms with E-state index < -0.39 is 17.6 Å². The maximum absolute atomic E-state index is 13.7. The molecule has 0 unspecified atom stereocenters. The summed E-state index contributed by atoms with van der Waals surface area (Å²) in [5.41, 5.74) is 0.298. The van der Waals surface area contributed by atoms with Gasteiger partial charge in [-0.15, -0.1) is 0 Å². The molecule has 0 spiro atoms. The molecular formula is C24H24ClF4N5O2. The van der Waals surface area contributed by atoms with Crippen molar-refractivity contribution in [3.05, 3.63) is 59.0 Å². The van der Waals surface area contributed by atoms with Crippen molar-refractivity contribution in [3.8, 4) is 17.3 Å². The van der Waals surface area contributed by atoms with Crippen LogP contribution in [0.25, 0.3) is 11.3 Å². The van der Waals surface area contributed by atoms with E-state index in [4.69, 9.17) is 21.1 Å². The molecule has 1 aromatic carbocycles. The molecule has 0 bridgehead atoms. The summed E-state index contributed by atoms with van der Waals surface area (Å²) in [6.45, 7) is 2.26. The Morgan fingerprint density at radius 1 is 1.00 bits per heavy atom. The molecule has 0 radical (unpaired) electrons. The van der Waals surface area contributed by atoms with Crippen LogP contribution in [0.1, 0.15) is 12.0 Å². The van der Waals surface area contributed by atoms with Crippen molar-refractivity contribution >= 4 is 23.2 Å². The molecule has 36 heavy (non-hydrogen) atoms. The van der Waals surface area contributed by atoms with E-state index in [1.165, 1.54) is 24.4 Å². The molecule has 3 heterocycles. The molecule has 0 amide bonds. The van der Waals surface area contributed by atoms with Gasteiger partial charge in [0.05, 0.1) is 22.9 Å². The second-order valence-corrected chi connectivity index (χ2v) is 8.47. The first-order valence-electron chi connectivity index (χ1n) is 11.2. The number of hydrogen-bond donors (Lipinski definition) is 0. The normalized spacial score (nSPS) is 14.3. The first kappa shape index (κ1) is 25.9. The number of hydrogen-bond acceptors (Lipinski definition) is 7. The average molecular weight is 526 g/mol. The van der Waals surface area contributed by atoms with Crippen LogP contribution in [0.2, 0.25) is 5.02 Å². The summed E-state index contributed by atoms with van der Waals surface area (Å²) in [5.74, 6) is -0.0929. The average Bonchev–Trinajstić information content (AvgIpc) is 2.88. The fourth-order valence-corrected chi connectivity index (χ4v) is 4.01. The largest absolute Gasteiger partial charge is 0.463 e. The Balaban J connectivity index is 1.56. The molecule has 0 atom stereocenters. The maximum Gasteiger partial charge on any atom is 0.419 e. The fraction of sp³-hybridized carbons (Fsp3) is 0.375. The number of anilines is 2. The van der Waals surface area contributed by atoms with Crippen LogP contribution in [0.5, 0.6) is 6.01 Å². The van der Waals surface area contributed by atoms with Gasteiger partial charge in [0, 0.05) is 64.1 Å². The van der Waals surface area contributed by atoms with Crippen LogP contribution in [0.4, 0.5) is 29.2 Å². The van der Waals surface area contributed by atoms with E-state index in [0.717, 1.165) is 6.07 Å². The summed E-state index contributed by atoms with van der Waals surface area (Å²) in [4.78, 5) is 16.5. The number of ether oxygens (including phenoxy) is 2. The zero-order chi connectivity index (χ0) is 25.7. The number of nitrogens with zero attached hydrogens (tertiary/aromatic N) is 5. The highest BCUT2D eigenvalue weighted by Gasteiger charge is 2.36. The monoisotopic (exact) mass is 525 g/mol. The van der Waals surface area contributed by atoms with Gasteiger partial charge in [0.15, 0.2) is 0 Å². The molecule has 2 aromatic heterocycles. The minimum atomic E-state index is -4.49. The Morgan fingerprint density at radius 2 is 1.75 bits per heavy atom. The van der Waals surface area contributed by atoms with E-state index in [1.54, 1.807) is 24.1 Å². The molecule has 1 aliphatic rings. The van der Waals surface area contributed by atoms with Crippen LogP contribution in [0.3, 0.4) is 0 Å². The third-order valence-corrected chi connectivity index (χ3v) is 5.92. The smallest absolute Gasteiger partial charge is 0.419 e. The van der Waals surface area contributed by atoms with Gasteiger partial charge in [-0.25, -0.2) is 9.37 Å². The van der Waals surface area contributed by atoms with Crippen molar-refractivity contribution < 1.29 is 27.0 Å². The van der Waals surface area contributed by atoms with Crippen molar-refractivity contribution in [2.75, 3.05) is 56.3 Å². The van der Waals surface area contributed by atoms with Crippen molar-refractivity contribution in [2.24, 2.45) is 0 Å². The van der Waals surface area contributed by atoms with Crippen molar-refractivity contribution in [2.45, 2.75) is 12.6 Å². The summed E-state index contributed by atoms with van der Waals surface area (Å²) < 4.78 is 64.8. The summed E-state index contributed by atoms with van der Waals surface area (Å²) in [7, 11) is 1.59. The first-order valence-corrected chi connectivity index (χ1v) is 11.6. The van der Waals surface area contributed by atoms with Crippen LogP contribution in [0.15, 0.2) is 42.6 Å². The van der Waals surface area contributed by atoms with Gasteiger partial charge in [-0.3, -0.25) is 0 Å². The van der Waals surface area contributed by atoms with Crippen molar-refractivity contribution in [3.63, 3.8) is 0 Å². The van der Waals surface area contributed by atoms with Crippen LogP contribution in [-0.2, 0) is 10.9 Å². The maximum atomic E-state index is 13.7. The number of halogens is 5. The van der Waals surface area contributed by atoms with E-state index in [0.29, 0.717) is 62.9 Å². The minimum Gasteiger partial charge on any atom is -0.463 e. The molecule has 7 nitrogen and oxygen atoms in total. The van der Waals surface area contributed by atoms with Gasteiger partial charge in [0.25, 0.3) is 0 Å². The summed E-state index contributed by atoms with van der Waals surface area (Å²) in [5, 5.41) is -0.0420.